The quantitative estimate of drug-likeness (QED) is 0.216. The highest BCUT2D eigenvalue weighted by molar-refractivity contribution is 6.11. The predicted octanol–water partition coefficient (Wildman–Crippen LogP) is 8.51. The van der Waals surface area contributed by atoms with Crippen LogP contribution in [0, 0.1) is 34.0 Å². The Morgan fingerprint density at radius 2 is 0.929 bits per heavy atom. The van der Waals surface area contributed by atoms with Crippen LogP contribution in [0.2, 0.25) is 0 Å². The second-order valence-corrected chi connectivity index (χ2v) is 9.83. The van der Waals surface area contributed by atoms with E-state index in [9.17, 15) is 29.0 Å². The van der Waals surface area contributed by atoms with Crippen molar-refractivity contribution in [3.8, 4) is 29.6 Å². The largest absolute Gasteiger partial charge is 0.416 e. The van der Waals surface area contributed by atoms with Gasteiger partial charge in [0.05, 0.1) is 50.1 Å². The smallest absolute Gasteiger partial charge is 0.307 e. The average molecular weight is 552 g/mol. The average Bonchev–Trinajstić information content (AvgIpc) is 3.52. The third kappa shape index (κ3) is 3.41. The molecule has 0 saturated heterocycles. The highest BCUT2D eigenvalue weighted by Gasteiger charge is 2.32. The Kier molecular flexibility index (Phi) is 5.34. The van der Waals surface area contributed by atoms with Crippen LogP contribution in [-0.4, -0.2) is 9.13 Å². The molecule has 0 aliphatic rings. The number of fused-ring (bicyclic) bond motifs is 6. The molecule has 5 aromatic carbocycles. The zero-order chi connectivity index (χ0) is 29.2. The van der Waals surface area contributed by atoms with Crippen molar-refractivity contribution >= 4 is 43.6 Å². The van der Waals surface area contributed by atoms with E-state index in [1.807, 2.05) is 53.1 Å². The number of nitrogens with zero attached hydrogens (tertiary/aromatic N) is 5. The third-order valence-electron chi connectivity index (χ3n) is 7.65. The second kappa shape index (κ2) is 8.99. The first-order valence-electron chi connectivity index (χ1n) is 12.9. The monoisotopic (exact) mass is 551 g/mol. The molecule has 5 nitrogen and oxygen atoms in total. The zero-order valence-electron chi connectivity index (χ0n) is 21.6. The molecule has 7 rings (SSSR count). The van der Waals surface area contributed by atoms with Crippen molar-refractivity contribution in [3.05, 3.63) is 119 Å². The maximum Gasteiger partial charge on any atom is 0.416 e. The molecule has 0 fully saturated rings. The number of alkyl halides is 3. The molecular formula is C34H16F3N5. The zero-order valence-corrected chi connectivity index (χ0v) is 21.6. The van der Waals surface area contributed by atoms with E-state index in [-0.39, 0.29) is 22.4 Å². The fraction of sp³-hybridized carbons (Fsp3) is 0.0294. The van der Waals surface area contributed by atoms with Gasteiger partial charge in [-0.05, 0) is 42.5 Å². The molecule has 0 saturated carbocycles. The normalized spacial score (nSPS) is 11.6. The van der Waals surface area contributed by atoms with Gasteiger partial charge in [0.2, 0.25) is 0 Å². The molecule has 0 aliphatic heterocycles. The molecular weight excluding hydrogens is 535 g/mol. The van der Waals surface area contributed by atoms with Gasteiger partial charge in [0.15, 0.2) is 0 Å². The van der Waals surface area contributed by atoms with Gasteiger partial charge in [-0.2, -0.15) is 29.0 Å². The highest BCUT2D eigenvalue weighted by atomic mass is 19.4. The predicted molar refractivity (Wildman–Crippen MR) is 154 cm³/mol. The van der Waals surface area contributed by atoms with Crippen LogP contribution >= 0.6 is 0 Å². The van der Waals surface area contributed by atoms with Crippen LogP contribution < -0.4 is 0 Å². The van der Waals surface area contributed by atoms with Gasteiger partial charge in [-0.15, -0.1) is 0 Å². The first-order valence-corrected chi connectivity index (χ1v) is 12.9. The van der Waals surface area contributed by atoms with E-state index >= 15 is 0 Å². The van der Waals surface area contributed by atoms with Gasteiger partial charge in [-0.25, -0.2) is 0 Å². The SMILES string of the molecule is N#Cc1cc(C#N)c(-n2c3ccccc3c3cc(C(F)(F)F)ccc32)c(C#N)c1-n1c2ccccc2c2ccccc21. The van der Waals surface area contributed by atoms with Gasteiger partial charge in [-0.3, -0.25) is 0 Å². The van der Waals surface area contributed by atoms with Gasteiger partial charge < -0.3 is 9.13 Å². The van der Waals surface area contributed by atoms with Crippen molar-refractivity contribution in [1.29, 1.82) is 15.8 Å². The lowest BCUT2D eigenvalue weighted by Crippen LogP contribution is -2.09. The fourth-order valence-corrected chi connectivity index (χ4v) is 5.96. The summed E-state index contributed by atoms with van der Waals surface area (Å²) in [4.78, 5) is 0. The van der Waals surface area contributed by atoms with Crippen molar-refractivity contribution in [2.75, 3.05) is 0 Å². The van der Waals surface area contributed by atoms with E-state index in [4.69, 9.17) is 0 Å². The maximum absolute atomic E-state index is 13.7. The number of rotatable bonds is 2. The van der Waals surface area contributed by atoms with E-state index in [2.05, 4.69) is 18.2 Å². The Morgan fingerprint density at radius 3 is 1.36 bits per heavy atom. The fourth-order valence-electron chi connectivity index (χ4n) is 5.96. The van der Waals surface area contributed by atoms with E-state index < -0.39 is 11.7 Å². The Hall–Kier alpha value is -6.04. The Bertz CT molecular complexity index is 2330. The summed E-state index contributed by atoms with van der Waals surface area (Å²) in [7, 11) is 0. The van der Waals surface area contributed by atoms with E-state index in [1.165, 1.54) is 12.1 Å². The minimum Gasteiger partial charge on any atom is -0.307 e. The van der Waals surface area contributed by atoms with Crippen LogP contribution in [0.25, 0.3) is 55.0 Å². The van der Waals surface area contributed by atoms with Crippen molar-refractivity contribution in [2.24, 2.45) is 0 Å². The molecule has 7 aromatic rings. The standard InChI is InChI=1S/C34H16F3N5/c35-34(36,37)22-13-14-31-26(16-22)25-9-3-6-12-30(25)42(31)33-21(18-39)15-20(17-38)32(27(33)19-40)41-28-10-4-1-7-23(28)24-8-2-5-11-29(24)41/h1-16H. The van der Waals surface area contributed by atoms with E-state index in [1.54, 1.807) is 28.8 Å². The van der Waals surface area contributed by atoms with Crippen molar-refractivity contribution in [1.82, 2.24) is 9.13 Å². The van der Waals surface area contributed by atoms with Crippen LogP contribution in [-0.2, 0) is 6.18 Å². The number of hydrogen-bond donors (Lipinski definition) is 0. The topological polar surface area (TPSA) is 81.2 Å². The molecule has 0 spiro atoms. The lowest BCUT2D eigenvalue weighted by atomic mass is 9.99. The summed E-state index contributed by atoms with van der Waals surface area (Å²) in [6, 6.07) is 33.6. The van der Waals surface area contributed by atoms with Crippen LogP contribution in [0.3, 0.4) is 0 Å². The number of benzene rings is 5. The summed E-state index contributed by atoms with van der Waals surface area (Å²) in [5, 5.41) is 34.0. The van der Waals surface area contributed by atoms with Gasteiger partial charge >= 0.3 is 6.18 Å². The molecule has 0 atom stereocenters. The number of hydrogen-bond acceptors (Lipinski definition) is 3. The molecule has 198 valence electrons. The molecule has 0 unspecified atom stereocenters. The molecule has 0 radical (unpaired) electrons. The number of para-hydroxylation sites is 3. The molecule has 8 heteroatoms. The van der Waals surface area contributed by atoms with Crippen LogP contribution in [0.1, 0.15) is 22.3 Å². The second-order valence-electron chi connectivity index (χ2n) is 9.83. The number of aromatic nitrogens is 2. The van der Waals surface area contributed by atoms with Crippen molar-refractivity contribution in [3.63, 3.8) is 0 Å². The molecule has 2 aromatic heterocycles. The van der Waals surface area contributed by atoms with Crippen LogP contribution in [0.15, 0.2) is 97.1 Å². The summed E-state index contributed by atoms with van der Waals surface area (Å²) in [5.41, 5.74) is 2.37. The van der Waals surface area contributed by atoms with Gasteiger partial charge in [-0.1, -0.05) is 54.6 Å². The molecule has 0 N–H and O–H groups in total. The minimum atomic E-state index is -4.55. The van der Waals surface area contributed by atoms with Gasteiger partial charge in [0.1, 0.15) is 23.8 Å². The maximum atomic E-state index is 13.7. The Balaban J connectivity index is 1.69. The Morgan fingerprint density at radius 1 is 0.500 bits per heavy atom. The van der Waals surface area contributed by atoms with Crippen LogP contribution in [0.5, 0.6) is 0 Å². The van der Waals surface area contributed by atoms with E-state index in [0.717, 1.165) is 33.9 Å². The van der Waals surface area contributed by atoms with Gasteiger partial charge in [0, 0.05) is 21.5 Å². The summed E-state index contributed by atoms with van der Waals surface area (Å²) >= 11 is 0. The molecule has 0 aliphatic carbocycles. The number of nitriles is 3. The van der Waals surface area contributed by atoms with Gasteiger partial charge in [0.25, 0.3) is 0 Å². The third-order valence-corrected chi connectivity index (χ3v) is 7.65. The van der Waals surface area contributed by atoms with E-state index in [0.29, 0.717) is 27.5 Å². The first-order chi connectivity index (χ1) is 20.4. The summed E-state index contributed by atoms with van der Waals surface area (Å²) < 4.78 is 44.6. The lowest BCUT2D eigenvalue weighted by Gasteiger charge is -2.18. The lowest BCUT2D eigenvalue weighted by molar-refractivity contribution is -0.137. The molecule has 0 amide bonds. The minimum absolute atomic E-state index is 0.0511. The molecule has 0 bridgehead atoms. The van der Waals surface area contributed by atoms with Crippen LogP contribution in [0.4, 0.5) is 13.2 Å². The molecule has 2 heterocycles. The first kappa shape index (κ1) is 25.0. The van der Waals surface area contributed by atoms with Crippen molar-refractivity contribution in [2.45, 2.75) is 6.18 Å². The Labute approximate surface area is 236 Å². The summed E-state index contributed by atoms with van der Waals surface area (Å²) in [6.07, 6.45) is -4.55. The van der Waals surface area contributed by atoms with Crippen molar-refractivity contribution < 1.29 is 13.2 Å². The highest BCUT2D eigenvalue weighted by Crippen LogP contribution is 2.41. The molecule has 42 heavy (non-hydrogen) atoms. The summed E-state index contributed by atoms with van der Waals surface area (Å²) in [6.45, 7) is 0. The summed E-state index contributed by atoms with van der Waals surface area (Å²) in [5.74, 6) is 0. The number of halogens is 3.